The van der Waals surface area contributed by atoms with Crippen LogP contribution in [-0.4, -0.2) is 84.4 Å². The molecule has 2 aliphatic heterocycles. The van der Waals surface area contributed by atoms with E-state index in [2.05, 4.69) is 42.4 Å². The van der Waals surface area contributed by atoms with E-state index in [1.54, 1.807) is 17.9 Å². The summed E-state index contributed by atoms with van der Waals surface area (Å²) in [5, 5.41) is 5.80. The van der Waals surface area contributed by atoms with E-state index in [0.29, 0.717) is 57.3 Å². The third kappa shape index (κ3) is 6.11. The number of fused-ring (bicyclic) bond motifs is 1. The number of nitrogens with one attached hydrogen (secondary N) is 3. The zero-order valence-corrected chi connectivity index (χ0v) is 31.3. The van der Waals surface area contributed by atoms with Crippen molar-refractivity contribution in [2.75, 3.05) is 19.6 Å². The SMILES string of the molecule is C=C[C@@H]1C[C@]1(NC(=O)[C@@H]1C[C@@]2(CN1C(=O)[C@@H](NC(=O)CC1(CC(N)=O)CCCCC1)C(=C)C)C(C)(C)C21CCC1)C(=O)NS(=O)(=O)N1CCCC1. The van der Waals surface area contributed by atoms with Crippen LogP contribution < -0.4 is 21.1 Å². The smallest absolute Gasteiger partial charge is 0.303 e. The lowest BCUT2D eigenvalue weighted by Crippen LogP contribution is -2.59. The second kappa shape index (κ2) is 13.0. The molecule has 4 saturated carbocycles. The van der Waals surface area contributed by atoms with Crippen LogP contribution in [0.15, 0.2) is 24.8 Å². The molecular weight excluding hydrogens is 673 g/mol. The van der Waals surface area contributed by atoms with Gasteiger partial charge in [0, 0.05) is 43.8 Å². The lowest BCUT2D eigenvalue weighted by Gasteiger charge is -2.36. The lowest BCUT2D eigenvalue weighted by molar-refractivity contribution is -0.142. The van der Waals surface area contributed by atoms with E-state index in [-0.39, 0.29) is 41.4 Å². The monoisotopic (exact) mass is 728 g/mol. The van der Waals surface area contributed by atoms with Crippen LogP contribution in [0.5, 0.6) is 0 Å². The van der Waals surface area contributed by atoms with Crippen LogP contribution in [0.2, 0.25) is 0 Å². The van der Waals surface area contributed by atoms with Gasteiger partial charge in [-0.05, 0) is 80.1 Å². The fourth-order valence-electron chi connectivity index (χ4n) is 10.8. The minimum atomic E-state index is -4.09. The average Bonchev–Trinajstić information content (AvgIpc) is 3.49. The van der Waals surface area contributed by atoms with E-state index in [0.717, 1.165) is 38.5 Å². The molecule has 5 amide bonds. The summed E-state index contributed by atoms with van der Waals surface area (Å²) in [5.74, 6) is -3.13. The number of primary amides is 1. The molecule has 6 aliphatic rings. The molecule has 0 bridgehead atoms. The number of nitrogens with two attached hydrogens (primary N) is 1. The molecule has 6 rings (SSSR count). The van der Waals surface area contributed by atoms with E-state index in [1.165, 1.54) is 4.31 Å². The molecule has 13 nitrogen and oxygen atoms in total. The summed E-state index contributed by atoms with van der Waals surface area (Å²) < 4.78 is 29.5. The number of carbonyl (C=O) groups is 5. The molecule has 0 aromatic rings. The normalized spacial score (nSPS) is 32.0. The van der Waals surface area contributed by atoms with Crippen molar-refractivity contribution >= 4 is 39.7 Å². The highest BCUT2D eigenvalue weighted by Crippen LogP contribution is 2.88. The molecule has 5 N–H and O–H groups in total. The van der Waals surface area contributed by atoms with Crippen LogP contribution in [0, 0.1) is 27.6 Å². The fraction of sp³-hybridized carbons (Fsp3) is 0.757. The predicted octanol–water partition coefficient (Wildman–Crippen LogP) is 2.58. The van der Waals surface area contributed by atoms with Gasteiger partial charge in [0.05, 0.1) is 0 Å². The maximum absolute atomic E-state index is 14.6. The minimum Gasteiger partial charge on any atom is -0.370 e. The van der Waals surface area contributed by atoms with Crippen molar-refractivity contribution in [1.82, 2.24) is 24.6 Å². The Labute approximate surface area is 302 Å². The Morgan fingerprint density at radius 3 is 2.08 bits per heavy atom. The highest BCUT2D eigenvalue weighted by molar-refractivity contribution is 7.87. The molecule has 6 fully saturated rings. The van der Waals surface area contributed by atoms with Crippen molar-refractivity contribution < 1.29 is 32.4 Å². The van der Waals surface area contributed by atoms with Crippen molar-refractivity contribution in [3.63, 3.8) is 0 Å². The number of amides is 5. The van der Waals surface area contributed by atoms with E-state index < -0.39 is 62.8 Å². The largest absolute Gasteiger partial charge is 0.370 e. The zero-order valence-electron chi connectivity index (χ0n) is 30.5. The van der Waals surface area contributed by atoms with Crippen molar-refractivity contribution in [3.8, 4) is 0 Å². The maximum Gasteiger partial charge on any atom is 0.303 e. The quantitative estimate of drug-likeness (QED) is 0.210. The molecule has 2 saturated heterocycles. The Bertz CT molecular complexity index is 1630. The Morgan fingerprint density at radius 2 is 1.57 bits per heavy atom. The highest BCUT2D eigenvalue weighted by atomic mass is 32.2. The summed E-state index contributed by atoms with van der Waals surface area (Å²) >= 11 is 0. The molecule has 0 radical (unpaired) electrons. The van der Waals surface area contributed by atoms with Gasteiger partial charge in [0.2, 0.25) is 23.6 Å². The van der Waals surface area contributed by atoms with Gasteiger partial charge < -0.3 is 21.3 Å². The van der Waals surface area contributed by atoms with Gasteiger partial charge >= 0.3 is 10.2 Å². The van der Waals surface area contributed by atoms with Gasteiger partial charge in [-0.1, -0.05) is 52.2 Å². The third-order valence-electron chi connectivity index (χ3n) is 14.1. The van der Waals surface area contributed by atoms with Gasteiger partial charge in [-0.25, -0.2) is 4.72 Å². The van der Waals surface area contributed by atoms with Crippen LogP contribution in [0.3, 0.4) is 0 Å². The van der Waals surface area contributed by atoms with Crippen LogP contribution >= 0.6 is 0 Å². The number of nitrogens with zero attached hydrogens (tertiary/aromatic N) is 2. The summed E-state index contributed by atoms with van der Waals surface area (Å²) in [5.41, 5.74) is 3.45. The molecule has 0 aromatic carbocycles. The summed E-state index contributed by atoms with van der Waals surface area (Å²) in [4.78, 5) is 69.9. The molecule has 4 aliphatic carbocycles. The van der Waals surface area contributed by atoms with Crippen LogP contribution in [0.1, 0.15) is 111 Å². The van der Waals surface area contributed by atoms with E-state index in [9.17, 15) is 32.4 Å². The Kier molecular flexibility index (Phi) is 9.56. The summed E-state index contributed by atoms with van der Waals surface area (Å²) in [6.07, 6.45) is 10.9. The first-order chi connectivity index (χ1) is 23.9. The van der Waals surface area contributed by atoms with Gasteiger partial charge in [-0.15, -0.1) is 6.58 Å². The average molecular weight is 729 g/mol. The van der Waals surface area contributed by atoms with Crippen molar-refractivity contribution in [2.24, 2.45) is 33.3 Å². The Morgan fingerprint density at radius 1 is 0.922 bits per heavy atom. The number of rotatable bonds is 13. The van der Waals surface area contributed by atoms with Crippen LogP contribution in [-0.2, 0) is 34.2 Å². The molecule has 5 atom stereocenters. The number of carbonyl (C=O) groups excluding carboxylic acids is 5. The molecule has 2 heterocycles. The maximum atomic E-state index is 14.6. The molecule has 51 heavy (non-hydrogen) atoms. The van der Waals surface area contributed by atoms with Crippen LogP contribution in [0.4, 0.5) is 0 Å². The zero-order chi connectivity index (χ0) is 37.2. The highest BCUT2D eigenvalue weighted by Gasteiger charge is 2.85. The molecule has 14 heteroatoms. The second-order valence-corrected chi connectivity index (χ2v) is 18.8. The summed E-state index contributed by atoms with van der Waals surface area (Å²) in [6.45, 7) is 14.9. The molecular formula is C37H56N6O7S. The van der Waals surface area contributed by atoms with Gasteiger partial charge in [0.25, 0.3) is 5.91 Å². The van der Waals surface area contributed by atoms with Gasteiger partial charge in [0.1, 0.15) is 17.6 Å². The molecule has 282 valence electrons. The van der Waals surface area contributed by atoms with E-state index in [4.69, 9.17) is 5.73 Å². The Balaban J connectivity index is 1.24. The van der Waals surface area contributed by atoms with Crippen molar-refractivity contribution in [1.29, 1.82) is 0 Å². The van der Waals surface area contributed by atoms with Gasteiger partial charge in [-0.3, -0.25) is 24.0 Å². The number of hydrogen-bond acceptors (Lipinski definition) is 7. The van der Waals surface area contributed by atoms with E-state index >= 15 is 0 Å². The van der Waals surface area contributed by atoms with Gasteiger partial charge in [-0.2, -0.15) is 12.7 Å². The fourth-order valence-corrected chi connectivity index (χ4v) is 12.1. The van der Waals surface area contributed by atoms with Gasteiger partial charge in [0.15, 0.2) is 0 Å². The number of likely N-dealkylation sites (tertiary alicyclic amines) is 1. The van der Waals surface area contributed by atoms with E-state index in [1.807, 2.05) is 0 Å². The predicted molar refractivity (Wildman–Crippen MR) is 190 cm³/mol. The van der Waals surface area contributed by atoms with Crippen molar-refractivity contribution in [2.45, 2.75) is 128 Å². The second-order valence-electron chi connectivity index (χ2n) is 17.1. The first-order valence-corrected chi connectivity index (χ1v) is 20.1. The Hall–Kier alpha value is -3.26. The summed E-state index contributed by atoms with van der Waals surface area (Å²) in [7, 11) is -4.09. The first kappa shape index (κ1) is 37.5. The topological polar surface area (TPSA) is 188 Å². The molecule has 2 spiro atoms. The first-order valence-electron chi connectivity index (χ1n) is 18.7. The molecule has 0 unspecified atom stereocenters. The number of hydrogen-bond donors (Lipinski definition) is 4. The van der Waals surface area contributed by atoms with Crippen molar-refractivity contribution in [3.05, 3.63) is 24.8 Å². The molecule has 0 aromatic heterocycles. The standard InChI is InChI=1S/C37H56N6O7S/c1-6-25-19-37(25,32(48)41-51(49,50)42-17-10-11-18-42)40-30(46)26-20-36(33(4,5)35(36)15-12-16-35)23-43(26)31(47)29(24(2)3)39-28(45)22-34(21-27(38)44)13-8-7-9-14-34/h6,25-26,29H,1-2,7-23H2,3-5H3,(H2,38,44)(H,39,45)(H,40,46)(H,41,48)/t25-,26+,29+,36-,37-/m1/s1. The van der Waals surface area contributed by atoms with Crippen LogP contribution in [0.25, 0.3) is 0 Å². The summed E-state index contributed by atoms with van der Waals surface area (Å²) in [6, 6.07) is -2.07. The minimum absolute atomic E-state index is 0.0141. The lowest BCUT2D eigenvalue weighted by atomic mass is 9.69. The third-order valence-corrected chi connectivity index (χ3v) is 15.6.